The maximum absolute atomic E-state index is 13.6. The summed E-state index contributed by atoms with van der Waals surface area (Å²) in [5.74, 6) is 3.50. The third-order valence-electron chi connectivity index (χ3n) is 2.17. The van der Waals surface area contributed by atoms with Gasteiger partial charge in [0.2, 0.25) is 0 Å². The Kier molecular flexibility index (Phi) is 2.99. The van der Waals surface area contributed by atoms with Crippen LogP contribution in [0.5, 0.6) is 0 Å². The fourth-order valence-electron chi connectivity index (χ4n) is 1.38. The predicted molar refractivity (Wildman–Crippen MR) is 57.3 cm³/mol. The number of nitrogens with zero attached hydrogens (tertiary/aromatic N) is 2. The van der Waals surface area contributed by atoms with Crippen molar-refractivity contribution < 1.29 is 17.6 Å². The third-order valence-corrected chi connectivity index (χ3v) is 2.44. The fourth-order valence-corrected chi connectivity index (χ4v) is 1.56. The molecule has 0 atom stereocenters. The largest absolute Gasteiger partial charge is 0.419 e. The van der Waals surface area contributed by atoms with E-state index >= 15 is 0 Å². The van der Waals surface area contributed by atoms with Crippen LogP contribution in [0, 0.1) is 5.82 Å². The van der Waals surface area contributed by atoms with Crippen molar-refractivity contribution in [3.63, 3.8) is 0 Å². The van der Waals surface area contributed by atoms with E-state index in [0.29, 0.717) is 6.07 Å². The van der Waals surface area contributed by atoms with Crippen LogP contribution in [-0.4, -0.2) is 9.97 Å². The average molecular weight is 281 g/mol. The van der Waals surface area contributed by atoms with Crippen molar-refractivity contribution in [2.75, 3.05) is 5.43 Å². The average Bonchev–Trinajstić information content (AvgIpc) is 2.28. The molecule has 2 aromatic rings. The number of alkyl halides is 3. The van der Waals surface area contributed by atoms with Gasteiger partial charge in [-0.05, 0) is 12.1 Å². The van der Waals surface area contributed by atoms with E-state index in [1.807, 2.05) is 0 Å². The Morgan fingerprint density at radius 1 is 1.22 bits per heavy atom. The number of aromatic nitrogens is 2. The summed E-state index contributed by atoms with van der Waals surface area (Å²) in [4.78, 5) is 7.24. The van der Waals surface area contributed by atoms with Crippen LogP contribution in [-0.2, 0) is 6.18 Å². The smallest absolute Gasteiger partial charge is 0.306 e. The molecule has 3 N–H and O–H groups in total. The lowest BCUT2D eigenvalue weighted by Crippen LogP contribution is -2.12. The summed E-state index contributed by atoms with van der Waals surface area (Å²) in [5.41, 5.74) is 0.0325. The van der Waals surface area contributed by atoms with E-state index in [2.05, 4.69) is 15.4 Å². The second kappa shape index (κ2) is 4.21. The Bertz CT molecular complexity index is 614. The fraction of sp³-hybridized carbons (Fsp3) is 0.111. The molecule has 1 aromatic heterocycles. The monoisotopic (exact) mass is 280 g/mol. The van der Waals surface area contributed by atoms with Gasteiger partial charge in [0.15, 0.2) is 16.8 Å². The molecule has 0 saturated carbocycles. The second-order valence-electron chi connectivity index (χ2n) is 3.30. The molecule has 0 aliphatic heterocycles. The minimum Gasteiger partial charge on any atom is -0.306 e. The zero-order valence-electron chi connectivity index (χ0n) is 8.52. The van der Waals surface area contributed by atoms with Gasteiger partial charge in [-0.1, -0.05) is 11.6 Å². The van der Waals surface area contributed by atoms with Crippen LogP contribution >= 0.6 is 11.6 Å². The molecule has 2 rings (SSSR count). The van der Waals surface area contributed by atoms with E-state index in [9.17, 15) is 17.6 Å². The number of hydrogen-bond donors (Lipinski definition) is 2. The quantitative estimate of drug-likeness (QED) is 0.479. The number of benzene rings is 1. The van der Waals surface area contributed by atoms with Crippen LogP contribution in [0.25, 0.3) is 11.0 Å². The molecule has 1 aromatic carbocycles. The number of anilines is 1. The molecule has 0 fully saturated rings. The van der Waals surface area contributed by atoms with Gasteiger partial charge >= 0.3 is 6.18 Å². The van der Waals surface area contributed by atoms with Gasteiger partial charge in [0.1, 0.15) is 5.52 Å². The minimum atomic E-state index is -4.81. The van der Waals surface area contributed by atoms with Crippen molar-refractivity contribution in [3.8, 4) is 0 Å². The van der Waals surface area contributed by atoms with Crippen LogP contribution in [0.3, 0.4) is 0 Å². The summed E-state index contributed by atoms with van der Waals surface area (Å²) in [6.45, 7) is 0. The molecule has 0 unspecified atom stereocenters. The predicted octanol–water partition coefficient (Wildman–Crippen LogP) is 2.73. The van der Waals surface area contributed by atoms with Crippen molar-refractivity contribution >= 4 is 28.5 Å². The van der Waals surface area contributed by atoms with E-state index in [-0.39, 0.29) is 16.5 Å². The van der Waals surface area contributed by atoms with Gasteiger partial charge in [-0.15, -0.1) is 0 Å². The molecule has 0 saturated heterocycles. The Hall–Kier alpha value is -1.67. The Labute approximate surface area is 103 Å². The van der Waals surface area contributed by atoms with Crippen molar-refractivity contribution in [2.45, 2.75) is 6.18 Å². The first-order valence-corrected chi connectivity index (χ1v) is 4.92. The summed E-state index contributed by atoms with van der Waals surface area (Å²) in [5, 5.41) is -0.316. The minimum absolute atomic E-state index is 0.0525. The van der Waals surface area contributed by atoms with Crippen LogP contribution in [0.15, 0.2) is 12.1 Å². The maximum Gasteiger partial charge on any atom is 0.419 e. The van der Waals surface area contributed by atoms with E-state index < -0.39 is 23.1 Å². The van der Waals surface area contributed by atoms with Gasteiger partial charge in [0, 0.05) is 0 Å². The van der Waals surface area contributed by atoms with E-state index in [1.165, 1.54) is 0 Å². The van der Waals surface area contributed by atoms with Crippen LogP contribution in [0.2, 0.25) is 5.15 Å². The van der Waals surface area contributed by atoms with Crippen molar-refractivity contribution in [2.24, 2.45) is 5.84 Å². The highest BCUT2D eigenvalue weighted by Crippen LogP contribution is 2.34. The molecule has 0 bridgehead atoms. The van der Waals surface area contributed by atoms with Crippen LogP contribution in [0.1, 0.15) is 5.56 Å². The van der Waals surface area contributed by atoms with Gasteiger partial charge in [0.05, 0.1) is 11.1 Å². The van der Waals surface area contributed by atoms with Crippen molar-refractivity contribution in [3.05, 3.63) is 28.7 Å². The molecule has 9 heteroatoms. The highest BCUT2D eigenvalue weighted by molar-refractivity contribution is 6.32. The molecular formula is C9H5ClF4N4. The molecule has 18 heavy (non-hydrogen) atoms. The van der Waals surface area contributed by atoms with E-state index in [0.717, 1.165) is 6.07 Å². The molecule has 0 amide bonds. The highest BCUT2D eigenvalue weighted by Gasteiger charge is 2.35. The number of hydrazine groups is 1. The van der Waals surface area contributed by atoms with Gasteiger partial charge in [-0.3, -0.25) is 0 Å². The number of rotatable bonds is 1. The van der Waals surface area contributed by atoms with E-state index in [1.54, 1.807) is 0 Å². The maximum atomic E-state index is 13.6. The molecule has 96 valence electrons. The summed E-state index contributed by atoms with van der Waals surface area (Å²) in [7, 11) is 0. The standard InChI is InChI=1S/C9H5ClF4N4/c10-7-8(18-15)16-4-2-1-3(9(12,13)14)5(11)6(4)17-7/h1-2H,15H2,(H,16,18). The lowest BCUT2D eigenvalue weighted by atomic mass is 10.1. The Balaban J connectivity index is 2.76. The number of hydrogen-bond acceptors (Lipinski definition) is 4. The van der Waals surface area contributed by atoms with Crippen molar-refractivity contribution in [1.82, 2.24) is 9.97 Å². The van der Waals surface area contributed by atoms with Gasteiger partial charge in [-0.2, -0.15) is 13.2 Å². The first-order chi connectivity index (χ1) is 8.34. The summed E-state index contributed by atoms with van der Waals surface area (Å²) < 4.78 is 51.1. The number of fused-ring (bicyclic) bond motifs is 1. The molecule has 0 radical (unpaired) electrons. The zero-order valence-corrected chi connectivity index (χ0v) is 9.27. The summed E-state index contributed by atoms with van der Waals surface area (Å²) >= 11 is 5.58. The van der Waals surface area contributed by atoms with Crippen LogP contribution in [0.4, 0.5) is 23.4 Å². The number of nitrogens with two attached hydrogens (primary N) is 1. The molecule has 4 nitrogen and oxygen atoms in total. The molecule has 0 spiro atoms. The van der Waals surface area contributed by atoms with Gasteiger partial charge < -0.3 is 5.43 Å². The van der Waals surface area contributed by atoms with Gasteiger partial charge in [0.25, 0.3) is 0 Å². The molecule has 0 aliphatic rings. The lowest BCUT2D eigenvalue weighted by Gasteiger charge is -2.10. The number of nitrogen functional groups attached to an aromatic ring is 1. The van der Waals surface area contributed by atoms with Crippen LogP contribution < -0.4 is 11.3 Å². The topological polar surface area (TPSA) is 63.8 Å². The highest BCUT2D eigenvalue weighted by atomic mass is 35.5. The summed E-state index contributed by atoms with van der Waals surface area (Å²) in [6.07, 6.45) is -4.81. The molecular weight excluding hydrogens is 276 g/mol. The zero-order chi connectivity index (χ0) is 13.5. The first kappa shape index (κ1) is 12.8. The number of nitrogens with one attached hydrogen (secondary N) is 1. The SMILES string of the molecule is NNc1nc2ccc(C(F)(F)F)c(F)c2nc1Cl. The Morgan fingerprint density at radius 3 is 2.44 bits per heavy atom. The number of halogens is 5. The third kappa shape index (κ3) is 2.04. The summed E-state index contributed by atoms with van der Waals surface area (Å²) in [6, 6.07) is 1.58. The van der Waals surface area contributed by atoms with Crippen molar-refractivity contribution in [1.29, 1.82) is 0 Å². The normalized spacial score (nSPS) is 11.9. The Morgan fingerprint density at radius 2 is 1.89 bits per heavy atom. The van der Waals surface area contributed by atoms with Gasteiger partial charge in [-0.25, -0.2) is 20.2 Å². The molecule has 0 aliphatic carbocycles. The van der Waals surface area contributed by atoms with E-state index in [4.69, 9.17) is 17.4 Å². The first-order valence-electron chi connectivity index (χ1n) is 4.54. The lowest BCUT2D eigenvalue weighted by molar-refractivity contribution is -0.139. The second-order valence-corrected chi connectivity index (χ2v) is 3.66. The molecule has 1 heterocycles.